The van der Waals surface area contributed by atoms with Crippen LogP contribution in [-0.2, 0) is 40.0 Å². The Morgan fingerprint density at radius 1 is 0.342 bits per heavy atom. The van der Waals surface area contributed by atoms with Crippen molar-refractivity contribution in [3.63, 3.8) is 0 Å². The quantitative estimate of drug-likeness (QED) is 0.111. The van der Waals surface area contributed by atoms with E-state index in [0.29, 0.717) is 79.2 Å². The topological polar surface area (TPSA) is 120 Å². The van der Waals surface area contributed by atoms with Crippen molar-refractivity contribution in [2.75, 3.05) is 0 Å². The van der Waals surface area contributed by atoms with Crippen molar-refractivity contribution in [1.82, 2.24) is 19.9 Å². The molecule has 12 heteroatoms. The van der Waals surface area contributed by atoms with Gasteiger partial charge >= 0.3 is 0 Å². The van der Waals surface area contributed by atoms with Gasteiger partial charge in [0.25, 0.3) is 0 Å². The highest BCUT2D eigenvalue weighted by Crippen LogP contribution is 2.44. The normalized spacial score (nSPS) is 16.7. The van der Waals surface area contributed by atoms with Gasteiger partial charge < -0.3 is 17.7 Å². The number of fused-ring (bicyclic) bond motifs is 12. The second-order valence-electron chi connectivity index (χ2n) is 32.9. The van der Waals surface area contributed by atoms with Crippen molar-refractivity contribution < 1.29 is 63.4 Å². The fraction of sp³-hybridized carbons (Fsp3) is 0.373. The maximum absolute atomic E-state index is 8.68. The van der Waals surface area contributed by atoms with E-state index in [0.717, 1.165) is 133 Å². The van der Waals surface area contributed by atoms with Gasteiger partial charge in [-0.15, -0.1) is 0 Å². The first-order valence-electron chi connectivity index (χ1n) is 48.8. The number of hydrogen-bond acceptors (Lipinski definition) is 8. The van der Waals surface area contributed by atoms with Crippen LogP contribution >= 0.6 is 0 Å². The summed E-state index contributed by atoms with van der Waals surface area (Å²) in [5.41, 5.74) is 21.2. The maximum atomic E-state index is 8.68. The fourth-order valence-electron chi connectivity index (χ4n) is 15.4. The SMILES string of the molecule is [2H]C(C)(C)c1c[n+](C)c(-c2c(C)ccc3c2oc2nc(C([2H])([2H])C(C)C)ccc23)cc1C.[2H]C(C)(C)c1ccc2c(n1)oc1c(-c3cc(C)c(C([2H])(C)C([2H])([2H])[2H])c[n+]3C)c(C)ccc12.[2H]C([2H])([2H])c1c[n+](C)c(-c2c(C)ccc3c2oc2nc(C([2H])(C)C)ccc23)cc1C(C)(C)C.[2H]C([2H])([2H])c1c[n+](C)c(-c2c(C)ccc3c2oc2nc(C([2H])(C)C)ccc23)cc1C([2H])(C)C([2H])([2H])[2H]. The molecule has 0 amide bonds. The summed E-state index contributed by atoms with van der Waals surface area (Å²) >= 11 is 0. The Bertz CT molecular complexity index is 7350. The van der Waals surface area contributed by atoms with Crippen molar-refractivity contribution >= 4 is 88.3 Å². The van der Waals surface area contributed by atoms with Gasteiger partial charge in [0, 0.05) is 140 Å². The lowest BCUT2D eigenvalue weighted by atomic mass is 9.83. The van der Waals surface area contributed by atoms with Crippen LogP contribution in [0.15, 0.2) is 164 Å². The van der Waals surface area contributed by atoms with E-state index in [4.69, 9.17) is 45.1 Å². The summed E-state index contributed by atoms with van der Waals surface area (Å²) in [5.74, 6) is -7.34. The van der Waals surface area contributed by atoms with Crippen molar-refractivity contribution in [1.29, 1.82) is 0 Å². The molecule has 12 nitrogen and oxygen atoms in total. The molecule has 0 aliphatic heterocycles. The molecule has 114 heavy (non-hydrogen) atoms. The summed E-state index contributed by atoms with van der Waals surface area (Å²) in [7, 11) is 7.41. The van der Waals surface area contributed by atoms with E-state index < -0.39 is 69.1 Å². The summed E-state index contributed by atoms with van der Waals surface area (Å²) in [4.78, 5) is 18.4. The van der Waals surface area contributed by atoms with Gasteiger partial charge in [0.05, 0.1) is 22.3 Å². The maximum Gasteiger partial charge on any atom is 0.227 e. The molecule has 16 aromatic rings. The third-order valence-corrected chi connectivity index (χ3v) is 21.5. The molecule has 4 aromatic carbocycles. The number of furan rings is 4. The molecule has 0 spiro atoms. The van der Waals surface area contributed by atoms with Crippen LogP contribution in [-0.4, -0.2) is 19.9 Å². The summed E-state index contributed by atoms with van der Waals surface area (Å²) < 4.78 is 195. The van der Waals surface area contributed by atoms with Gasteiger partial charge in [0.1, 0.15) is 28.2 Å². The van der Waals surface area contributed by atoms with Crippen LogP contribution in [0.5, 0.6) is 0 Å². The van der Waals surface area contributed by atoms with Crippen LogP contribution in [0.25, 0.3) is 133 Å². The minimum atomic E-state index is -2.76. The summed E-state index contributed by atoms with van der Waals surface area (Å²) in [6.45, 7) is 28.8. The van der Waals surface area contributed by atoms with Crippen LogP contribution in [0.1, 0.15) is 270 Å². The average Bonchev–Trinajstić information content (AvgIpc) is 1.44. The van der Waals surface area contributed by atoms with Crippen LogP contribution in [0.4, 0.5) is 0 Å². The van der Waals surface area contributed by atoms with Crippen LogP contribution in [0, 0.1) is 61.2 Å². The minimum Gasteiger partial charge on any atom is -0.437 e. The predicted octanol–water partition coefficient (Wildman–Crippen LogP) is 25.6. The third kappa shape index (κ3) is 15.6. The number of benzene rings is 4. The molecule has 0 saturated heterocycles. The van der Waals surface area contributed by atoms with Gasteiger partial charge in [0.15, 0.2) is 47.1 Å². The van der Waals surface area contributed by atoms with Gasteiger partial charge in [-0.1, -0.05) is 166 Å². The number of aryl methyl sites for hydroxylation is 12. The molecule has 16 rings (SSSR count). The molecule has 0 aliphatic carbocycles. The highest BCUT2D eigenvalue weighted by Gasteiger charge is 2.30. The molecular formula is C102H120N8O4+4. The Morgan fingerprint density at radius 2 is 0.658 bits per heavy atom. The average molecular weight is 1540 g/mol. The van der Waals surface area contributed by atoms with Crippen LogP contribution in [0.2, 0.25) is 0 Å². The summed E-state index contributed by atoms with van der Waals surface area (Å²) in [6.07, 6.45) is 5.35. The van der Waals surface area contributed by atoms with E-state index in [-0.39, 0.29) is 22.5 Å². The zero-order valence-corrected chi connectivity index (χ0v) is 70.6. The molecule has 2 atom stereocenters. The van der Waals surface area contributed by atoms with Gasteiger partial charge in [-0.3, -0.25) is 0 Å². The summed E-state index contributed by atoms with van der Waals surface area (Å²) in [5, 5.41) is 7.08. The van der Waals surface area contributed by atoms with E-state index in [9.17, 15) is 0 Å². The van der Waals surface area contributed by atoms with Crippen molar-refractivity contribution in [3.05, 3.63) is 236 Å². The second-order valence-corrected chi connectivity index (χ2v) is 32.9. The van der Waals surface area contributed by atoms with E-state index >= 15 is 0 Å². The zero-order valence-electron chi connectivity index (χ0n) is 90.6. The van der Waals surface area contributed by atoms with E-state index in [2.05, 4.69) is 49.6 Å². The molecule has 0 bridgehead atoms. The minimum absolute atomic E-state index is 0.0838. The molecule has 2 unspecified atom stereocenters. The first-order chi connectivity index (χ1) is 61.4. The standard InChI is InChI=1S/2C26H31N2O.2C25H29N2O/c1-15(2)21-12-11-19-18-10-9-16(3)23(24(18)29-25(19)27-21)22-13-20(26(5,6)7)17(4)14-28(22)8;1-15(2)12-19-9-11-21-20-10-8-17(5)24(25(20)29-26(21)27-19)23-13-18(6)22(16(3)4)14-28(23)7;1-14(2)20-12-22(27(7)13-17(20)6)23-16(5)8-9-18-19-10-11-21(15(3)4)26-25(19)28-24(18)23;1-14(2)20-13-27(7)22(12-17(20)6)23-16(5)8-9-18-19-10-11-21(15(3)4)26-25(19)28-24(18)23/h9-15H,1-8H3;8-11,13-16H,12H2,1-7H3;2*8-15H,1-7H3/q4*+1/i4D3,15D;12D2,16D;1D3,6D3,14D,15D;1D3,14D,15D. The first kappa shape index (κ1) is 59.0. The summed E-state index contributed by atoms with van der Waals surface area (Å²) in [6, 6.07) is 38.7. The number of rotatable bonds is 12. The zero-order chi connectivity index (χ0) is 99.6. The molecule has 0 radical (unpaired) electrons. The molecule has 588 valence electrons. The monoisotopic (exact) mass is 1540 g/mol. The Labute approximate surface area is 703 Å². The number of nitrogens with zero attached hydrogens (tertiary/aromatic N) is 8. The first-order valence-corrected chi connectivity index (χ1v) is 38.8. The lowest BCUT2D eigenvalue weighted by Gasteiger charge is -2.21. The Kier molecular flexibility index (Phi) is 16.5. The van der Waals surface area contributed by atoms with Gasteiger partial charge in [-0.05, 0) is 201 Å². The lowest BCUT2D eigenvalue weighted by Crippen LogP contribution is -2.33. The Morgan fingerprint density at radius 3 is 1.00 bits per heavy atom. The highest BCUT2D eigenvalue weighted by molar-refractivity contribution is 6.12. The van der Waals surface area contributed by atoms with Crippen molar-refractivity contribution in [3.8, 4) is 45.0 Å². The van der Waals surface area contributed by atoms with Crippen LogP contribution in [0.3, 0.4) is 0 Å². The smallest absolute Gasteiger partial charge is 0.227 e. The molecule has 0 aliphatic rings. The predicted molar refractivity (Wildman–Crippen MR) is 472 cm³/mol. The van der Waals surface area contributed by atoms with Gasteiger partial charge in [-0.25, -0.2) is 38.2 Å². The third-order valence-electron chi connectivity index (χ3n) is 21.5. The highest BCUT2D eigenvalue weighted by atomic mass is 16.4. The molecule has 0 fully saturated rings. The molecule has 12 aromatic heterocycles. The van der Waals surface area contributed by atoms with E-state index in [1.165, 1.54) is 26.1 Å². The Balaban J connectivity index is 0.000000152. The number of pyridine rings is 8. The number of hydrogen-bond donors (Lipinski definition) is 0. The number of aromatic nitrogens is 8. The fourth-order valence-corrected chi connectivity index (χ4v) is 15.4. The van der Waals surface area contributed by atoms with E-state index in [1.807, 2.05) is 204 Å². The largest absolute Gasteiger partial charge is 0.437 e. The van der Waals surface area contributed by atoms with Crippen molar-refractivity contribution in [2.45, 2.75) is 220 Å². The van der Waals surface area contributed by atoms with Gasteiger partial charge in [0.2, 0.25) is 45.6 Å². The molecule has 0 N–H and O–H groups in total. The van der Waals surface area contributed by atoms with Crippen LogP contribution < -0.4 is 18.3 Å². The van der Waals surface area contributed by atoms with Crippen molar-refractivity contribution in [2.24, 2.45) is 34.1 Å². The molecular weight excluding hydrogens is 1400 g/mol. The lowest BCUT2D eigenvalue weighted by molar-refractivity contribution is -0.661. The van der Waals surface area contributed by atoms with E-state index in [1.54, 1.807) is 77.7 Å². The Hall–Kier alpha value is -10.7. The molecule has 0 saturated carbocycles. The molecule has 12 heterocycles. The van der Waals surface area contributed by atoms with Gasteiger partial charge in [-0.2, -0.15) is 0 Å². The second kappa shape index (κ2) is 31.9.